The average molecular weight is 444 g/mol. The summed E-state index contributed by atoms with van der Waals surface area (Å²) in [7, 11) is 5.33. The van der Waals surface area contributed by atoms with Crippen molar-refractivity contribution in [2.75, 3.05) is 39.2 Å². The number of terminal acetylenes is 1. The Morgan fingerprint density at radius 2 is 1.88 bits per heavy atom. The molecule has 0 bridgehead atoms. The van der Waals surface area contributed by atoms with E-state index in [2.05, 4.69) is 5.92 Å². The molecule has 2 aromatic carbocycles. The topological polar surface area (TPSA) is 32.8 Å². The number of carbonyl (C=O) groups excluding carboxylic acids is 1. The molecule has 0 saturated carbocycles. The number of alkyl halides is 3. The summed E-state index contributed by atoms with van der Waals surface area (Å²) in [6, 6.07) is 10.9. The Bertz CT molecular complexity index is 994. The number of benzene rings is 2. The predicted octanol–water partition coefficient (Wildman–Crippen LogP) is 4.59. The van der Waals surface area contributed by atoms with E-state index in [0.29, 0.717) is 30.1 Å². The summed E-state index contributed by atoms with van der Waals surface area (Å²) in [4.78, 5) is 17.2. The van der Waals surface area contributed by atoms with Gasteiger partial charge in [0.25, 0.3) is 0 Å². The van der Waals surface area contributed by atoms with E-state index in [1.807, 2.05) is 31.1 Å². The molecule has 0 saturated heterocycles. The highest BCUT2D eigenvalue weighted by molar-refractivity contribution is 5.97. The Labute approximate surface area is 187 Å². The van der Waals surface area contributed by atoms with Crippen LogP contribution in [0.25, 0.3) is 0 Å². The third-order valence-electron chi connectivity index (χ3n) is 5.86. The number of carbonyl (C=O) groups is 1. The largest absolute Gasteiger partial charge is 0.497 e. The average Bonchev–Trinajstić information content (AvgIpc) is 2.86. The number of methoxy groups -OCH3 is 1. The lowest BCUT2D eigenvalue weighted by molar-refractivity contribution is -0.137. The van der Waals surface area contributed by atoms with Crippen molar-refractivity contribution in [3.63, 3.8) is 0 Å². The van der Waals surface area contributed by atoms with E-state index in [1.165, 1.54) is 12.1 Å². The van der Waals surface area contributed by atoms with Gasteiger partial charge in [0.15, 0.2) is 0 Å². The molecule has 0 aliphatic carbocycles. The van der Waals surface area contributed by atoms with Crippen LogP contribution in [-0.2, 0) is 17.4 Å². The van der Waals surface area contributed by atoms with Gasteiger partial charge in [-0.05, 0) is 62.0 Å². The second-order valence-electron chi connectivity index (χ2n) is 8.23. The van der Waals surface area contributed by atoms with Gasteiger partial charge in [0, 0.05) is 31.1 Å². The van der Waals surface area contributed by atoms with Crippen LogP contribution in [-0.4, -0.2) is 45.1 Å². The van der Waals surface area contributed by atoms with Crippen molar-refractivity contribution >= 4 is 11.6 Å². The summed E-state index contributed by atoms with van der Waals surface area (Å²) in [5.74, 6) is 2.21. The fraction of sp³-hybridized carbons (Fsp3) is 0.400. The third-order valence-corrected chi connectivity index (χ3v) is 5.86. The van der Waals surface area contributed by atoms with Crippen molar-refractivity contribution in [2.45, 2.75) is 24.9 Å². The van der Waals surface area contributed by atoms with Crippen molar-refractivity contribution in [1.82, 2.24) is 4.90 Å². The van der Waals surface area contributed by atoms with Gasteiger partial charge in [-0.25, -0.2) is 0 Å². The molecule has 2 aromatic rings. The molecule has 1 heterocycles. The standard InChI is InChI=1S/C25H27F3N2O2/c1-5-6-21-22(17-7-10-20(32-4)11-8-17)16-18-15-19(25(26,27)28)9-12-23(18)30(24(21)31)14-13-29(2)3/h1,7-12,15,21-22H,6,13-14,16H2,2-4H3. The van der Waals surface area contributed by atoms with Crippen LogP contribution in [0.15, 0.2) is 42.5 Å². The molecule has 1 aliphatic heterocycles. The molecule has 0 radical (unpaired) electrons. The Balaban J connectivity index is 2.14. The molecular weight excluding hydrogens is 417 g/mol. The van der Waals surface area contributed by atoms with Gasteiger partial charge in [-0.2, -0.15) is 13.2 Å². The van der Waals surface area contributed by atoms with Gasteiger partial charge in [0.1, 0.15) is 5.75 Å². The molecule has 32 heavy (non-hydrogen) atoms. The highest BCUT2D eigenvalue weighted by atomic mass is 19.4. The lowest BCUT2D eigenvalue weighted by atomic mass is 9.80. The van der Waals surface area contributed by atoms with Crippen LogP contribution in [0.3, 0.4) is 0 Å². The molecule has 4 nitrogen and oxygen atoms in total. The first-order valence-corrected chi connectivity index (χ1v) is 10.4. The highest BCUT2D eigenvalue weighted by Crippen LogP contribution is 2.42. The zero-order chi connectivity index (χ0) is 23.5. The number of fused-ring (bicyclic) bond motifs is 1. The van der Waals surface area contributed by atoms with Crippen molar-refractivity contribution in [1.29, 1.82) is 0 Å². The van der Waals surface area contributed by atoms with Crippen molar-refractivity contribution in [3.8, 4) is 18.1 Å². The van der Waals surface area contributed by atoms with Gasteiger partial charge in [0.2, 0.25) is 5.91 Å². The van der Waals surface area contributed by atoms with Crippen LogP contribution in [0.1, 0.15) is 29.0 Å². The molecule has 0 N–H and O–H groups in total. The van der Waals surface area contributed by atoms with E-state index in [4.69, 9.17) is 11.2 Å². The van der Waals surface area contributed by atoms with Crippen molar-refractivity contribution in [3.05, 3.63) is 59.2 Å². The van der Waals surface area contributed by atoms with Gasteiger partial charge >= 0.3 is 6.18 Å². The smallest absolute Gasteiger partial charge is 0.416 e. The fourth-order valence-electron chi connectivity index (χ4n) is 4.15. The first-order chi connectivity index (χ1) is 15.2. The quantitative estimate of drug-likeness (QED) is 0.611. The summed E-state index contributed by atoms with van der Waals surface area (Å²) >= 11 is 0. The van der Waals surface area contributed by atoms with E-state index in [1.54, 1.807) is 24.1 Å². The van der Waals surface area contributed by atoms with Crippen LogP contribution in [0.4, 0.5) is 18.9 Å². The summed E-state index contributed by atoms with van der Waals surface area (Å²) in [6.07, 6.45) is 1.63. The minimum atomic E-state index is -4.46. The van der Waals surface area contributed by atoms with Crippen LogP contribution < -0.4 is 9.64 Å². The Morgan fingerprint density at radius 3 is 2.44 bits per heavy atom. The first kappa shape index (κ1) is 23.7. The van der Waals surface area contributed by atoms with Crippen molar-refractivity contribution < 1.29 is 22.7 Å². The number of nitrogens with zero attached hydrogens (tertiary/aromatic N) is 2. The van der Waals surface area contributed by atoms with Crippen molar-refractivity contribution in [2.24, 2.45) is 5.92 Å². The molecule has 0 fully saturated rings. The van der Waals surface area contributed by atoms with Gasteiger partial charge in [-0.15, -0.1) is 12.3 Å². The number of amides is 1. The molecule has 2 unspecified atom stereocenters. The Morgan fingerprint density at radius 1 is 1.19 bits per heavy atom. The molecule has 0 aromatic heterocycles. The van der Waals surface area contributed by atoms with E-state index < -0.39 is 17.7 Å². The predicted molar refractivity (Wildman–Crippen MR) is 119 cm³/mol. The zero-order valence-electron chi connectivity index (χ0n) is 18.4. The molecular formula is C25H27F3N2O2. The SMILES string of the molecule is C#CCC1C(=O)N(CCN(C)C)c2ccc(C(F)(F)F)cc2CC1c1ccc(OC)cc1. The number of anilines is 1. The number of likely N-dealkylation sites (N-methyl/N-ethyl adjacent to an activating group) is 1. The number of hydrogen-bond acceptors (Lipinski definition) is 3. The van der Waals surface area contributed by atoms with E-state index in [0.717, 1.165) is 11.6 Å². The summed E-state index contributed by atoms with van der Waals surface area (Å²) in [5.41, 5.74) is 1.13. The second kappa shape index (κ2) is 9.66. The lowest BCUT2D eigenvalue weighted by Crippen LogP contribution is -2.41. The number of ether oxygens (including phenoxy) is 1. The highest BCUT2D eigenvalue weighted by Gasteiger charge is 2.39. The minimum absolute atomic E-state index is 0.163. The summed E-state index contributed by atoms with van der Waals surface area (Å²) in [5, 5.41) is 0. The number of rotatable bonds is 6. The van der Waals surface area contributed by atoms with E-state index in [9.17, 15) is 18.0 Å². The molecule has 3 rings (SSSR count). The summed E-state index contributed by atoms with van der Waals surface area (Å²) in [6.45, 7) is 0.933. The van der Waals surface area contributed by atoms with Crippen LogP contribution in [0, 0.1) is 18.3 Å². The molecule has 1 aliphatic rings. The van der Waals surface area contributed by atoms with E-state index >= 15 is 0 Å². The fourth-order valence-corrected chi connectivity index (χ4v) is 4.15. The van der Waals surface area contributed by atoms with Crippen LogP contribution in [0.5, 0.6) is 5.75 Å². The molecule has 0 spiro atoms. The normalized spacial score (nSPS) is 18.8. The molecule has 170 valence electrons. The molecule has 2 atom stereocenters. The third kappa shape index (κ3) is 5.08. The molecule has 7 heteroatoms. The van der Waals surface area contributed by atoms with Crippen LogP contribution >= 0.6 is 0 Å². The zero-order valence-corrected chi connectivity index (χ0v) is 18.4. The first-order valence-electron chi connectivity index (χ1n) is 10.4. The van der Waals surface area contributed by atoms with Gasteiger partial charge < -0.3 is 14.5 Å². The Kier molecular flexibility index (Phi) is 7.15. The maximum Gasteiger partial charge on any atom is 0.416 e. The maximum absolute atomic E-state index is 13.7. The number of halogens is 3. The lowest BCUT2D eigenvalue weighted by Gasteiger charge is -2.28. The number of hydrogen-bond donors (Lipinski definition) is 0. The van der Waals surface area contributed by atoms with E-state index in [-0.39, 0.29) is 24.7 Å². The molecule has 1 amide bonds. The van der Waals surface area contributed by atoms with Gasteiger partial charge in [-0.1, -0.05) is 12.1 Å². The van der Waals surface area contributed by atoms with Gasteiger partial charge in [0.05, 0.1) is 18.6 Å². The Hall–Kier alpha value is -2.98. The summed E-state index contributed by atoms with van der Waals surface area (Å²) < 4.78 is 45.6. The second-order valence-corrected chi connectivity index (χ2v) is 8.23. The maximum atomic E-state index is 13.7. The minimum Gasteiger partial charge on any atom is -0.497 e. The monoisotopic (exact) mass is 444 g/mol. The van der Waals surface area contributed by atoms with Crippen LogP contribution in [0.2, 0.25) is 0 Å². The van der Waals surface area contributed by atoms with Gasteiger partial charge in [-0.3, -0.25) is 4.79 Å².